The predicted molar refractivity (Wildman–Crippen MR) is 77.7 cm³/mol. The summed E-state index contributed by atoms with van der Waals surface area (Å²) in [6.45, 7) is 3.35. The number of alkyl halides is 1. The van der Waals surface area contributed by atoms with E-state index in [-0.39, 0.29) is 11.6 Å². The highest BCUT2D eigenvalue weighted by Gasteiger charge is 2.17. The molecule has 1 unspecified atom stereocenters. The van der Waals surface area contributed by atoms with E-state index in [2.05, 4.69) is 15.9 Å². The van der Waals surface area contributed by atoms with Crippen molar-refractivity contribution in [2.45, 2.75) is 19.2 Å². The molecule has 0 bridgehead atoms. The highest BCUT2D eigenvalue weighted by Crippen LogP contribution is 2.33. The number of benzene rings is 2. The summed E-state index contributed by atoms with van der Waals surface area (Å²) in [7, 11) is 0. The highest BCUT2D eigenvalue weighted by molar-refractivity contribution is 9.10. The lowest BCUT2D eigenvalue weighted by atomic mass is 9.99. The van der Waals surface area contributed by atoms with Crippen LogP contribution < -0.4 is 0 Å². The largest absolute Gasteiger partial charge is 0.207 e. The van der Waals surface area contributed by atoms with Crippen LogP contribution in [0.15, 0.2) is 34.8 Å². The van der Waals surface area contributed by atoms with Gasteiger partial charge in [-0.1, -0.05) is 28.1 Å². The Hall–Kier alpha value is -0.930. The molecule has 0 saturated heterocycles. The van der Waals surface area contributed by atoms with Crippen LogP contribution in [0.3, 0.4) is 0 Å². The molecule has 0 saturated carbocycles. The topological polar surface area (TPSA) is 0 Å². The smallest absolute Gasteiger partial charge is 0.129 e. The Kier molecular flexibility index (Phi) is 4.26. The Morgan fingerprint density at radius 2 is 1.63 bits per heavy atom. The van der Waals surface area contributed by atoms with Crippen molar-refractivity contribution >= 4 is 27.5 Å². The molecule has 2 aromatic rings. The van der Waals surface area contributed by atoms with E-state index in [9.17, 15) is 8.78 Å². The Morgan fingerprint density at radius 1 is 1.05 bits per heavy atom. The lowest BCUT2D eigenvalue weighted by Crippen LogP contribution is -2.00. The van der Waals surface area contributed by atoms with Crippen molar-refractivity contribution in [1.29, 1.82) is 0 Å². The van der Waals surface area contributed by atoms with Gasteiger partial charge >= 0.3 is 0 Å². The quantitative estimate of drug-likeness (QED) is 0.615. The molecule has 0 fully saturated rings. The van der Waals surface area contributed by atoms with Crippen LogP contribution in [0.25, 0.3) is 0 Å². The zero-order valence-electron chi connectivity index (χ0n) is 10.5. The van der Waals surface area contributed by atoms with E-state index < -0.39 is 5.38 Å². The summed E-state index contributed by atoms with van der Waals surface area (Å²) in [6, 6.07) is 7.92. The molecule has 0 aromatic heterocycles. The predicted octanol–water partition coefficient (Wildman–Crippen LogP) is 5.67. The fourth-order valence-corrected chi connectivity index (χ4v) is 2.69. The van der Waals surface area contributed by atoms with E-state index in [1.165, 1.54) is 6.07 Å². The van der Waals surface area contributed by atoms with Gasteiger partial charge in [-0.25, -0.2) is 8.78 Å². The van der Waals surface area contributed by atoms with Gasteiger partial charge in [0.25, 0.3) is 0 Å². The molecule has 4 heteroatoms. The van der Waals surface area contributed by atoms with E-state index in [1.54, 1.807) is 38.1 Å². The van der Waals surface area contributed by atoms with Crippen molar-refractivity contribution in [3.8, 4) is 0 Å². The van der Waals surface area contributed by atoms with Crippen LogP contribution in [0.5, 0.6) is 0 Å². The maximum Gasteiger partial charge on any atom is 0.129 e. The maximum atomic E-state index is 13.8. The molecule has 0 heterocycles. The van der Waals surface area contributed by atoms with Crippen molar-refractivity contribution in [2.75, 3.05) is 0 Å². The average molecular weight is 346 g/mol. The number of halogens is 4. The van der Waals surface area contributed by atoms with Crippen LogP contribution in [-0.2, 0) is 0 Å². The molecule has 2 aromatic carbocycles. The summed E-state index contributed by atoms with van der Waals surface area (Å²) in [5, 5.41) is -0.643. The fraction of sp³-hybridized carbons (Fsp3) is 0.200. The van der Waals surface area contributed by atoms with Crippen LogP contribution in [0.4, 0.5) is 8.78 Å². The molecular formula is C15H12BrClF2. The third kappa shape index (κ3) is 2.98. The van der Waals surface area contributed by atoms with E-state index >= 15 is 0 Å². The molecule has 100 valence electrons. The standard InChI is InChI=1S/C15H12BrClF2/c1-8-5-10(6-9(2)15(8)19)14(17)12-7-11(16)3-4-13(12)18/h3-7,14H,1-2H3. The first kappa shape index (κ1) is 14.5. The second-order valence-electron chi connectivity index (χ2n) is 4.50. The Labute approximate surface area is 124 Å². The van der Waals surface area contributed by atoms with Gasteiger partial charge in [0.2, 0.25) is 0 Å². The normalized spacial score (nSPS) is 12.5. The third-order valence-corrected chi connectivity index (χ3v) is 3.96. The first-order chi connectivity index (χ1) is 8.90. The maximum absolute atomic E-state index is 13.8. The second-order valence-corrected chi connectivity index (χ2v) is 5.85. The van der Waals surface area contributed by atoms with Gasteiger partial charge in [-0.05, 0) is 48.7 Å². The van der Waals surface area contributed by atoms with E-state index in [0.29, 0.717) is 22.3 Å². The van der Waals surface area contributed by atoms with Gasteiger partial charge < -0.3 is 0 Å². The third-order valence-electron chi connectivity index (χ3n) is 2.98. The van der Waals surface area contributed by atoms with E-state index in [4.69, 9.17) is 11.6 Å². The van der Waals surface area contributed by atoms with E-state index in [1.807, 2.05) is 0 Å². The SMILES string of the molecule is Cc1cc(C(Cl)c2cc(Br)ccc2F)cc(C)c1F. The number of hydrogen-bond acceptors (Lipinski definition) is 0. The number of hydrogen-bond donors (Lipinski definition) is 0. The van der Waals surface area contributed by atoms with Crippen molar-refractivity contribution in [2.24, 2.45) is 0 Å². The molecule has 0 spiro atoms. The first-order valence-corrected chi connectivity index (χ1v) is 6.98. The molecule has 19 heavy (non-hydrogen) atoms. The molecule has 1 atom stereocenters. The van der Waals surface area contributed by atoms with Crippen molar-refractivity contribution in [3.63, 3.8) is 0 Å². The summed E-state index contributed by atoms with van der Waals surface area (Å²) in [4.78, 5) is 0. The van der Waals surface area contributed by atoms with Gasteiger partial charge in [-0.15, -0.1) is 11.6 Å². The summed E-state index contributed by atoms with van der Waals surface area (Å²) >= 11 is 9.61. The van der Waals surface area contributed by atoms with Crippen LogP contribution in [0.2, 0.25) is 0 Å². The average Bonchev–Trinajstić information content (AvgIpc) is 2.37. The molecule has 0 radical (unpaired) electrons. The minimum atomic E-state index is -0.643. The van der Waals surface area contributed by atoms with Gasteiger partial charge in [0.1, 0.15) is 11.6 Å². The Bertz CT molecular complexity index is 603. The highest BCUT2D eigenvalue weighted by atomic mass is 79.9. The molecule has 0 aliphatic carbocycles. The summed E-state index contributed by atoms with van der Waals surface area (Å²) < 4.78 is 28.2. The summed E-state index contributed by atoms with van der Waals surface area (Å²) in [6.07, 6.45) is 0. The Balaban J connectivity index is 2.49. The van der Waals surface area contributed by atoms with Gasteiger partial charge in [-0.2, -0.15) is 0 Å². The number of aryl methyl sites for hydroxylation is 2. The second kappa shape index (κ2) is 5.59. The van der Waals surface area contributed by atoms with Crippen LogP contribution in [0, 0.1) is 25.5 Å². The minimum absolute atomic E-state index is 0.248. The molecule has 0 aliphatic heterocycles. The van der Waals surface area contributed by atoms with Gasteiger partial charge in [0.15, 0.2) is 0 Å². The first-order valence-electron chi connectivity index (χ1n) is 5.76. The lowest BCUT2D eigenvalue weighted by Gasteiger charge is -2.14. The fourth-order valence-electron chi connectivity index (χ4n) is 2.01. The Morgan fingerprint density at radius 3 is 2.21 bits per heavy atom. The zero-order chi connectivity index (χ0) is 14.2. The molecule has 0 N–H and O–H groups in total. The van der Waals surface area contributed by atoms with Gasteiger partial charge in [0.05, 0.1) is 5.38 Å². The zero-order valence-corrected chi connectivity index (χ0v) is 12.8. The summed E-state index contributed by atoms with van der Waals surface area (Å²) in [5.74, 6) is -0.620. The van der Waals surface area contributed by atoms with E-state index in [0.717, 1.165) is 4.47 Å². The molecule has 0 amide bonds. The summed E-state index contributed by atoms with van der Waals surface area (Å²) in [5.41, 5.74) is 2.09. The molecular weight excluding hydrogens is 334 g/mol. The number of rotatable bonds is 2. The molecule has 0 aliphatic rings. The van der Waals surface area contributed by atoms with Crippen LogP contribution >= 0.6 is 27.5 Å². The lowest BCUT2D eigenvalue weighted by molar-refractivity contribution is 0.605. The van der Waals surface area contributed by atoms with Crippen LogP contribution in [0.1, 0.15) is 27.6 Å². The van der Waals surface area contributed by atoms with Crippen molar-refractivity contribution < 1.29 is 8.78 Å². The monoisotopic (exact) mass is 344 g/mol. The minimum Gasteiger partial charge on any atom is -0.207 e. The van der Waals surface area contributed by atoms with Crippen molar-refractivity contribution in [1.82, 2.24) is 0 Å². The molecule has 2 rings (SSSR count). The molecule has 0 nitrogen and oxygen atoms in total. The van der Waals surface area contributed by atoms with Gasteiger partial charge in [0, 0.05) is 10.0 Å². The van der Waals surface area contributed by atoms with Crippen LogP contribution in [-0.4, -0.2) is 0 Å². The van der Waals surface area contributed by atoms with Crippen molar-refractivity contribution in [3.05, 3.63) is 68.7 Å². The van der Waals surface area contributed by atoms with Gasteiger partial charge in [-0.3, -0.25) is 0 Å².